The minimum absolute atomic E-state index is 0.0111. The van der Waals surface area contributed by atoms with Crippen molar-refractivity contribution in [2.24, 2.45) is 0 Å². The van der Waals surface area contributed by atoms with Gasteiger partial charge >= 0.3 is 0 Å². The van der Waals surface area contributed by atoms with Gasteiger partial charge in [0.25, 0.3) is 5.56 Å². The molecule has 0 spiro atoms. The van der Waals surface area contributed by atoms with Crippen LogP contribution in [0.4, 0.5) is 11.4 Å². The highest BCUT2D eigenvalue weighted by molar-refractivity contribution is 5.91. The van der Waals surface area contributed by atoms with E-state index in [1.165, 1.54) is 5.56 Å². The van der Waals surface area contributed by atoms with Crippen LogP contribution in [0.25, 0.3) is 11.0 Å². The first-order chi connectivity index (χ1) is 21.1. The van der Waals surface area contributed by atoms with Gasteiger partial charge in [0.1, 0.15) is 11.3 Å². The Kier molecular flexibility index (Phi) is 11.8. The number of fused-ring (bicyclic) bond motifs is 1. The lowest BCUT2D eigenvalue weighted by molar-refractivity contribution is -0.0480. The molecule has 4 heterocycles. The molecule has 234 valence electrons. The number of rotatable bonds is 16. The molecule has 0 saturated carbocycles. The molecule has 2 aliphatic heterocycles. The third-order valence-electron chi connectivity index (χ3n) is 8.14. The zero-order valence-electron chi connectivity index (χ0n) is 25.7. The summed E-state index contributed by atoms with van der Waals surface area (Å²) >= 11 is 0. The molecule has 1 unspecified atom stereocenters. The molecule has 2 aliphatic rings. The number of hydrogen-bond acceptors (Lipinski definition) is 9. The quantitative estimate of drug-likeness (QED) is 0.233. The number of aryl methyl sites for hydroxylation is 1. The highest BCUT2D eigenvalue weighted by Crippen LogP contribution is 2.29. The van der Waals surface area contributed by atoms with E-state index < -0.39 is 0 Å². The van der Waals surface area contributed by atoms with E-state index >= 15 is 0 Å². The first-order valence-electron chi connectivity index (χ1n) is 15.8. The molecule has 0 amide bonds. The van der Waals surface area contributed by atoms with Gasteiger partial charge < -0.3 is 34.5 Å². The van der Waals surface area contributed by atoms with E-state index in [2.05, 4.69) is 46.7 Å². The zero-order chi connectivity index (χ0) is 29.9. The third-order valence-corrected chi connectivity index (χ3v) is 8.14. The smallest absolute Gasteiger partial charge is 0.275 e. The fourth-order valence-electron chi connectivity index (χ4n) is 5.76. The summed E-state index contributed by atoms with van der Waals surface area (Å²) in [4.78, 5) is 20.7. The van der Waals surface area contributed by atoms with Crippen LogP contribution in [-0.2, 0) is 32.1 Å². The molecule has 0 aliphatic carbocycles. The Hall–Kier alpha value is -3.02. The van der Waals surface area contributed by atoms with Crippen molar-refractivity contribution in [2.45, 2.75) is 64.5 Å². The monoisotopic (exact) mass is 593 g/mol. The van der Waals surface area contributed by atoms with Gasteiger partial charge in [-0.15, -0.1) is 0 Å². The third kappa shape index (κ3) is 8.55. The van der Waals surface area contributed by atoms with Crippen LogP contribution < -0.4 is 21.1 Å². The number of anilines is 2. The number of aromatic nitrogens is 2. The summed E-state index contributed by atoms with van der Waals surface area (Å²) in [6.45, 7) is 9.05. The molecule has 2 saturated heterocycles. The molecule has 0 bridgehead atoms. The maximum atomic E-state index is 13.9. The molecule has 1 aromatic carbocycles. The molecule has 0 radical (unpaired) electrons. The summed E-state index contributed by atoms with van der Waals surface area (Å²) in [5.41, 5.74) is 4.74. The van der Waals surface area contributed by atoms with E-state index in [4.69, 9.17) is 23.9 Å². The van der Waals surface area contributed by atoms with Crippen LogP contribution in [0.3, 0.4) is 0 Å². The fourth-order valence-corrected chi connectivity index (χ4v) is 5.76. The summed E-state index contributed by atoms with van der Waals surface area (Å²) < 4.78 is 24.5. The predicted molar refractivity (Wildman–Crippen MR) is 170 cm³/mol. The van der Waals surface area contributed by atoms with Crippen LogP contribution in [0.15, 0.2) is 47.4 Å². The summed E-state index contributed by atoms with van der Waals surface area (Å²) in [5, 5.41) is 7.82. The largest absolute Gasteiger partial charge is 0.378 e. The molecule has 2 aromatic heterocycles. The van der Waals surface area contributed by atoms with E-state index in [0.717, 1.165) is 61.9 Å². The van der Waals surface area contributed by atoms with Crippen molar-refractivity contribution in [3.63, 3.8) is 0 Å². The Morgan fingerprint density at radius 1 is 1.05 bits per heavy atom. The first kappa shape index (κ1) is 31.4. The Labute approximate surface area is 254 Å². The van der Waals surface area contributed by atoms with Gasteiger partial charge in [-0.1, -0.05) is 30.7 Å². The molecule has 2 fully saturated rings. The topological polar surface area (TPSA) is 99.1 Å². The van der Waals surface area contributed by atoms with Crippen molar-refractivity contribution in [1.82, 2.24) is 14.9 Å². The van der Waals surface area contributed by atoms with Crippen molar-refractivity contribution in [1.29, 1.82) is 0 Å². The number of nitrogens with one attached hydrogen (secondary N) is 2. The number of hydrogen-bond donors (Lipinski definition) is 2. The number of unbranched alkanes of at least 4 members (excludes halogenated alkanes) is 2. The van der Waals surface area contributed by atoms with Crippen LogP contribution in [0.5, 0.6) is 0 Å². The first-order valence-corrected chi connectivity index (χ1v) is 15.8. The van der Waals surface area contributed by atoms with Crippen LogP contribution >= 0.6 is 0 Å². The van der Waals surface area contributed by atoms with Crippen LogP contribution in [0.1, 0.15) is 56.2 Å². The number of morpholine rings is 1. The summed E-state index contributed by atoms with van der Waals surface area (Å²) in [7, 11) is 1.96. The Balaban J connectivity index is 1.34. The summed E-state index contributed by atoms with van der Waals surface area (Å²) in [6.07, 6.45) is 6.46. The van der Waals surface area contributed by atoms with Gasteiger partial charge in [-0.3, -0.25) is 9.36 Å². The van der Waals surface area contributed by atoms with Crippen molar-refractivity contribution >= 4 is 22.4 Å². The molecule has 10 nitrogen and oxygen atoms in total. The van der Waals surface area contributed by atoms with Crippen molar-refractivity contribution in [3.8, 4) is 0 Å². The summed E-state index contributed by atoms with van der Waals surface area (Å²) in [5.74, 6) is 0. The zero-order valence-corrected chi connectivity index (χ0v) is 25.7. The highest BCUT2D eigenvalue weighted by Gasteiger charge is 2.21. The Morgan fingerprint density at radius 3 is 2.70 bits per heavy atom. The van der Waals surface area contributed by atoms with Crippen LogP contribution in [0.2, 0.25) is 0 Å². The van der Waals surface area contributed by atoms with E-state index in [-0.39, 0.29) is 17.9 Å². The lowest BCUT2D eigenvalue weighted by Crippen LogP contribution is -2.40. The lowest BCUT2D eigenvalue weighted by atomic mass is 10.0. The SMILES string of the molecule is CNCCCOCc1cccc(C(C)Nc2ccnc3c2cc(N2CCOCC2)c(=O)n3CCCCCC2OCCO2)c1. The van der Waals surface area contributed by atoms with E-state index in [1.807, 2.05) is 23.7 Å². The van der Waals surface area contributed by atoms with Gasteiger partial charge in [0.15, 0.2) is 6.29 Å². The molecule has 1 atom stereocenters. The van der Waals surface area contributed by atoms with Gasteiger partial charge in [0.05, 0.1) is 33.0 Å². The number of nitrogens with zero attached hydrogens (tertiary/aromatic N) is 3. The molecule has 2 N–H and O–H groups in total. The van der Waals surface area contributed by atoms with E-state index in [0.29, 0.717) is 64.0 Å². The molecule has 5 rings (SSSR count). The predicted octanol–water partition coefficient (Wildman–Crippen LogP) is 4.47. The van der Waals surface area contributed by atoms with Gasteiger partial charge in [0.2, 0.25) is 0 Å². The van der Waals surface area contributed by atoms with Gasteiger partial charge in [0, 0.05) is 49.6 Å². The molecule has 43 heavy (non-hydrogen) atoms. The second kappa shape index (κ2) is 16.2. The lowest BCUT2D eigenvalue weighted by Gasteiger charge is -2.29. The number of benzene rings is 1. The highest BCUT2D eigenvalue weighted by atomic mass is 16.7. The molecular weight excluding hydrogens is 546 g/mol. The van der Waals surface area contributed by atoms with Crippen LogP contribution in [-0.4, -0.2) is 75.6 Å². The molecule has 3 aromatic rings. The normalized spacial score (nSPS) is 16.7. The fraction of sp³-hybridized carbons (Fsp3) is 0.576. The summed E-state index contributed by atoms with van der Waals surface area (Å²) in [6, 6.07) is 12.6. The minimum atomic E-state index is -0.0814. The number of pyridine rings is 2. The Bertz CT molecular complexity index is 1350. The maximum absolute atomic E-state index is 13.9. The van der Waals surface area contributed by atoms with Crippen molar-refractivity contribution in [3.05, 3.63) is 64.1 Å². The van der Waals surface area contributed by atoms with Gasteiger partial charge in [-0.25, -0.2) is 4.98 Å². The van der Waals surface area contributed by atoms with E-state index in [1.54, 1.807) is 6.20 Å². The van der Waals surface area contributed by atoms with Gasteiger partial charge in [-0.2, -0.15) is 0 Å². The average molecular weight is 594 g/mol. The average Bonchev–Trinajstić information content (AvgIpc) is 3.56. The Morgan fingerprint density at radius 2 is 1.88 bits per heavy atom. The van der Waals surface area contributed by atoms with Crippen molar-refractivity contribution < 1.29 is 18.9 Å². The standard InChI is InChI=1S/C33H47N5O5/c1-25(27-9-6-8-26(22-27)24-41-17-7-12-34-2)36-29-11-13-35-32-28(29)23-30(37-15-18-40-19-16-37)33(39)38(32)14-5-3-4-10-31-42-20-21-43-31/h6,8-9,11,13,22-23,25,31,34H,3-5,7,10,12,14-21,24H2,1-2H3,(H,35,36). The number of ether oxygens (including phenoxy) is 4. The van der Waals surface area contributed by atoms with Crippen molar-refractivity contribution in [2.75, 3.05) is 69.9 Å². The van der Waals surface area contributed by atoms with E-state index in [9.17, 15) is 4.79 Å². The minimum Gasteiger partial charge on any atom is -0.378 e. The second-order valence-electron chi connectivity index (χ2n) is 11.3. The molecular formula is C33H47N5O5. The second-order valence-corrected chi connectivity index (χ2v) is 11.3. The van der Waals surface area contributed by atoms with Gasteiger partial charge in [-0.05, 0) is 69.5 Å². The molecule has 10 heteroatoms. The van der Waals surface area contributed by atoms with Crippen LogP contribution in [0, 0.1) is 0 Å². The maximum Gasteiger partial charge on any atom is 0.275 e.